The number of aromatic hydroxyl groups is 2. The molecule has 0 saturated carbocycles. The molecule has 5 heterocycles. The van der Waals surface area contributed by atoms with Crippen LogP contribution in [0.5, 0.6) is 11.5 Å². The molecule has 0 radical (unpaired) electrons. The number of phenols is 2. The molecule has 6 rings (SSSR count). The average Bonchev–Trinajstić information content (AvgIpc) is 3.55. The number of β-lactam (4-membered cyclic amide) rings is 1. The quantitative estimate of drug-likeness (QED) is 0.0382. The van der Waals surface area contributed by atoms with Gasteiger partial charge in [0.2, 0.25) is 5.91 Å². The zero-order chi connectivity index (χ0) is 38.7. The predicted molar refractivity (Wildman–Crippen MR) is 185 cm³/mol. The number of carboxylic acid groups (broad SMARTS) is 2. The van der Waals surface area contributed by atoms with Crippen molar-refractivity contribution in [2.24, 2.45) is 17.0 Å². The van der Waals surface area contributed by atoms with E-state index in [0.717, 1.165) is 36.3 Å². The van der Waals surface area contributed by atoms with Gasteiger partial charge in [-0.05, 0) is 38.8 Å². The molecular formula is C35H39FN5NaO10S2. The fourth-order valence-electron chi connectivity index (χ4n) is 8.08. The Labute approximate surface area is 340 Å². The number of nitrogen functional groups attached to an aromatic ring is 1. The Balaban J connectivity index is 0.00000561. The van der Waals surface area contributed by atoms with Gasteiger partial charge in [-0.1, -0.05) is 5.16 Å². The number of nitrogens with zero attached hydrogens (tertiary/aromatic N) is 4. The molecule has 2 aromatic rings. The number of halogens is 1. The third kappa shape index (κ3) is 7.65. The van der Waals surface area contributed by atoms with E-state index in [1.54, 1.807) is 0 Å². The molecule has 0 spiro atoms. The van der Waals surface area contributed by atoms with Gasteiger partial charge in [-0.15, -0.1) is 23.1 Å². The topological polar surface area (TPSA) is 236 Å². The molecule has 4 aliphatic rings. The summed E-state index contributed by atoms with van der Waals surface area (Å²) in [6, 6.07) is 2.13. The number of carbonyl (C=O) groups excluding carboxylic acids is 5. The number of hydrogen-bond acceptors (Lipinski definition) is 15. The standard InChI is InChI=1S/C35H40FN5O10S2.Na/c1-15-21(13-41(4)18-5-6-19(41)8-16(7-18)9-24(42)17-10-22(36)29(45)26(44)11-17)28(32(47)48)40-30(46)20(31(40)53-15)12-25(43)27(23-14-52-34(37)38-23)39-51-35(2,3)33(49)50;/h10-11,14-16,18-20,31H,5-9,12-13H2,1-4H3,(H5-,37,38,39,42,43,44,45,47,48,49,50);/q;+1/p-1/t15-,16?,18-,19+,20+,31+,41?;/m0./s1. The second-order valence-electron chi connectivity index (χ2n) is 14.9. The molecule has 19 heteroatoms. The van der Waals surface area contributed by atoms with Crippen LogP contribution in [0.2, 0.25) is 0 Å². The van der Waals surface area contributed by atoms with Gasteiger partial charge < -0.3 is 45.1 Å². The number of likely N-dealkylation sites (N-methyl/N-ethyl adjacent to an activating group) is 1. The number of quaternary nitrogens is 1. The molecule has 3 saturated heterocycles. The number of amides is 1. The number of hydrogen-bond donors (Lipinski definition) is 3. The Morgan fingerprint density at radius 1 is 1.15 bits per heavy atom. The van der Waals surface area contributed by atoms with Gasteiger partial charge in [0.15, 0.2) is 45.3 Å². The number of ketones is 2. The number of Topliss-reactive ketones (excluding diaryl/α,β-unsaturated/α-hetero) is 2. The van der Waals surface area contributed by atoms with Crippen molar-refractivity contribution >= 4 is 63.4 Å². The van der Waals surface area contributed by atoms with Crippen molar-refractivity contribution in [3.8, 4) is 11.5 Å². The number of rotatable bonds is 13. The zero-order valence-electron chi connectivity index (χ0n) is 30.4. The molecule has 4 aliphatic heterocycles. The second-order valence-corrected chi connectivity index (χ2v) is 17.2. The van der Waals surface area contributed by atoms with E-state index in [1.165, 1.54) is 35.9 Å². The summed E-state index contributed by atoms with van der Waals surface area (Å²) in [5, 5.41) is 47.8. The summed E-state index contributed by atoms with van der Waals surface area (Å²) in [5.41, 5.74) is 3.87. The van der Waals surface area contributed by atoms with Gasteiger partial charge in [-0.3, -0.25) is 19.3 Å². The molecule has 1 aromatic heterocycles. The summed E-state index contributed by atoms with van der Waals surface area (Å²) in [6.07, 6.45) is 2.77. The minimum Gasteiger partial charge on any atom is -0.546 e. The van der Waals surface area contributed by atoms with E-state index in [1.807, 2.05) is 6.92 Å². The molecular weight excluding hydrogens is 757 g/mol. The van der Waals surface area contributed by atoms with E-state index in [9.17, 15) is 48.8 Å². The van der Waals surface area contributed by atoms with Gasteiger partial charge in [0.05, 0.1) is 48.1 Å². The van der Waals surface area contributed by atoms with E-state index in [2.05, 4.69) is 17.2 Å². The van der Waals surface area contributed by atoms with E-state index < -0.39 is 57.8 Å². The van der Waals surface area contributed by atoms with Gasteiger partial charge in [-0.25, -0.2) is 9.37 Å². The van der Waals surface area contributed by atoms with Gasteiger partial charge in [-0.2, -0.15) is 0 Å². The summed E-state index contributed by atoms with van der Waals surface area (Å²) in [7, 11) is 2.06. The Hall–Kier alpha value is -3.55. The number of phenolic OH excluding ortho intramolecular Hbond substituents is 2. The summed E-state index contributed by atoms with van der Waals surface area (Å²) >= 11 is 2.38. The van der Waals surface area contributed by atoms with Crippen molar-refractivity contribution in [2.45, 2.75) is 87.6 Å². The molecule has 1 aromatic carbocycles. The second kappa shape index (κ2) is 15.5. The van der Waals surface area contributed by atoms with Crippen molar-refractivity contribution in [1.82, 2.24) is 9.88 Å². The number of thioether (sulfide) groups is 1. The molecule has 284 valence electrons. The number of nitrogens with two attached hydrogens (primary N) is 1. The number of fused-ring (bicyclic) bond motifs is 3. The van der Waals surface area contributed by atoms with Gasteiger partial charge in [0.1, 0.15) is 12.2 Å². The normalized spacial score (nSPS) is 27.8. The number of carbonyl (C=O) groups is 5. The predicted octanol–water partition coefficient (Wildman–Crippen LogP) is -1.93. The van der Waals surface area contributed by atoms with Crippen LogP contribution in [0, 0.1) is 17.7 Å². The molecule has 4 N–H and O–H groups in total. The van der Waals surface area contributed by atoms with Crippen molar-refractivity contribution in [2.75, 3.05) is 19.3 Å². The summed E-state index contributed by atoms with van der Waals surface area (Å²) in [6.45, 7) is 4.57. The molecule has 1 amide bonds. The summed E-state index contributed by atoms with van der Waals surface area (Å²) < 4.78 is 14.5. The van der Waals surface area contributed by atoms with E-state index in [0.29, 0.717) is 29.4 Å². The minimum absolute atomic E-state index is 0. The SMILES string of the molecule is C[C@@H]1S[C@@H]2[C@H](CC(=O)/C(=N\OC(C)(C)C(=O)[O-])c3csc(N)n3)C(=O)N2C(C(=O)[O-])=C1C[N+]1(C)[C@@H]2CC[C@H]1CC(CC(=O)c1cc(O)c(O)c(F)c1)C2.[Na+]. The molecule has 2 unspecified atom stereocenters. The Morgan fingerprint density at radius 3 is 2.35 bits per heavy atom. The van der Waals surface area contributed by atoms with Gasteiger partial charge >= 0.3 is 29.6 Å². The fourth-order valence-corrected chi connectivity index (χ4v) is 10.1. The van der Waals surface area contributed by atoms with Crippen LogP contribution in [0.3, 0.4) is 0 Å². The maximum absolute atomic E-state index is 14.0. The number of benzene rings is 1. The molecule has 15 nitrogen and oxygen atoms in total. The van der Waals surface area contributed by atoms with Crippen molar-refractivity contribution in [3.05, 3.63) is 45.9 Å². The van der Waals surface area contributed by atoms with Gasteiger partial charge in [0.25, 0.3) is 0 Å². The first kappa shape index (κ1) is 41.6. The van der Waals surface area contributed by atoms with E-state index in [-0.39, 0.29) is 99.2 Å². The molecule has 7 atom stereocenters. The van der Waals surface area contributed by atoms with Crippen LogP contribution in [-0.2, 0) is 24.0 Å². The van der Waals surface area contributed by atoms with Crippen LogP contribution >= 0.6 is 23.1 Å². The fraction of sp³-hybridized carbons (Fsp3) is 0.514. The number of thiazole rings is 1. The molecule has 3 fully saturated rings. The first-order valence-corrected chi connectivity index (χ1v) is 18.9. The van der Waals surface area contributed by atoms with Crippen LogP contribution < -0.4 is 45.5 Å². The monoisotopic (exact) mass is 795 g/mol. The van der Waals surface area contributed by atoms with Crippen LogP contribution in [0.25, 0.3) is 0 Å². The number of aliphatic carboxylic acids is 2. The maximum atomic E-state index is 14.0. The number of carboxylic acids is 2. The summed E-state index contributed by atoms with van der Waals surface area (Å²) in [5.74, 6) is -8.32. The van der Waals surface area contributed by atoms with E-state index in [4.69, 9.17) is 10.6 Å². The number of anilines is 1. The van der Waals surface area contributed by atoms with Crippen LogP contribution in [-0.4, -0.2) is 102 Å². The largest absolute Gasteiger partial charge is 1.00 e. The van der Waals surface area contributed by atoms with Crippen molar-refractivity contribution < 1.29 is 87.7 Å². The van der Waals surface area contributed by atoms with Crippen LogP contribution in [0.15, 0.2) is 33.9 Å². The van der Waals surface area contributed by atoms with Crippen molar-refractivity contribution in [3.63, 3.8) is 0 Å². The van der Waals surface area contributed by atoms with Gasteiger partial charge in [0, 0.05) is 60.3 Å². The Morgan fingerprint density at radius 2 is 1.80 bits per heavy atom. The number of piperidine rings is 1. The van der Waals surface area contributed by atoms with Crippen LogP contribution in [0.4, 0.5) is 9.52 Å². The maximum Gasteiger partial charge on any atom is 1.00 e. The number of oxime groups is 1. The van der Waals surface area contributed by atoms with E-state index >= 15 is 0 Å². The Bertz CT molecular complexity index is 1930. The first-order chi connectivity index (χ1) is 24.8. The smallest absolute Gasteiger partial charge is 0.546 e. The molecule has 2 bridgehead atoms. The average molecular weight is 796 g/mol. The third-order valence-electron chi connectivity index (χ3n) is 11.1. The Kier molecular flexibility index (Phi) is 12.0. The molecule has 0 aliphatic carbocycles. The minimum atomic E-state index is -1.89. The van der Waals surface area contributed by atoms with Crippen LogP contribution in [0.1, 0.15) is 75.3 Å². The third-order valence-corrected chi connectivity index (χ3v) is 13.3. The van der Waals surface area contributed by atoms with Crippen molar-refractivity contribution in [1.29, 1.82) is 0 Å². The first-order valence-electron chi connectivity index (χ1n) is 17.1. The molecule has 54 heavy (non-hydrogen) atoms. The summed E-state index contributed by atoms with van der Waals surface area (Å²) in [4.78, 5) is 74.9. The number of aromatic nitrogens is 1. The zero-order valence-corrected chi connectivity index (χ0v) is 34.0.